The Labute approximate surface area is 268 Å². The van der Waals surface area contributed by atoms with Crippen LogP contribution in [-0.4, -0.2) is 65.2 Å². The zero-order chi connectivity index (χ0) is 33.2. The van der Waals surface area contributed by atoms with E-state index >= 15 is 0 Å². The van der Waals surface area contributed by atoms with Gasteiger partial charge in [-0.25, -0.2) is 8.42 Å². The number of hydrogen-bond donors (Lipinski definition) is 4. The van der Waals surface area contributed by atoms with Gasteiger partial charge in [0.15, 0.2) is 9.84 Å². The van der Waals surface area contributed by atoms with Crippen LogP contribution in [0.1, 0.15) is 77.7 Å². The van der Waals surface area contributed by atoms with Crippen molar-refractivity contribution in [2.75, 3.05) is 5.75 Å². The van der Waals surface area contributed by atoms with E-state index in [4.69, 9.17) is 12.8 Å². The standard InChI is InChI=1S/C36H48N2O6S/c1-6-13-30(35(42)38-31(33(40)32(39)14-7-2)23-25-15-9-8-10-16-25)37-34(41)29(24-45(43,44)36(3,4)5)22-26-19-20-27-17-11-12-18-28(27)21-26/h1-2,11-12,17-21,25,29-33,39-40H,8-10,13-16,22-24H2,3-5H3,(H,37,41)(H,38,42)/t29-,30+,31+,32+,33-/m1/s1. The van der Waals surface area contributed by atoms with E-state index in [1.54, 1.807) is 20.8 Å². The molecule has 1 aliphatic carbocycles. The molecule has 244 valence electrons. The molecule has 4 N–H and O–H groups in total. The van der Waals surface area contributed by atoms with Crippen molar-refractivity contribution < 1.29 is 28.2 Å². The van der Waals surface area contributed by atoms with E-state index < -0.39 is 62.4 Å². The van der Waals surface area contributed by atoms with Gasteiger partial charge >= 0.3 is 0 Å². The molecule has 8 nitrogen and oxygen atoms in total. The maximum atomic E-state index is 13.8. The summed E-state index contributed by atoms with van der Waals surface area (Å²) in [6, 6.07) is 11.5. The third-order valence-electron chi connectivity index (χ3n) is 8.75. The van der Waals surface area contributed by atoms with Gasteiger partial charge in [0.2, 0.25) is 11.8 Å². The summed E-state index contributed by atoms with van der Waals surface area (Å²) in [5, 5.41) is 29.0. The Morgan fingerprint density at radius 3 is 2.20 bits per heavy atom. The lowest BCUT2D eigenvalue weighted by Crippen LogP contribution is -2.56. The van der Waals surface area contributed by atoms with E-state index in [2.05, 4.69) is 22.5 Å². The number of hydrogen-bond acceptors (Lipinski definition) is 6. The number of sulfone groups is 1. The molecule has 0 heterocycles. The fourth-order valence-electron chi connectivity index (χ4n) is 5.87. The lowest BCUT2D eigenvalue weighted by atomic mass is 9.82. The molecule has 2 aromatic carbocycles. The van der Waals surface area contributed by atoms with Crippen LogP contribution < -0.4 is 10.6 Å². The molecule has 0 bridgehead atoms. The molecule has 9 heteroatoms. The topological polar surface area (TPSA) is 133 Å². The van der Waals surface area contributed by atoms with E-state index in [-0.39, 0.29) is 25.2 Å². The summed E-state index contributed by atoms with van der Waals surface area (Å²) in [5.74, 6) is 2.40. The Balaban J connectivity index is 1.85. The predicted molar refractivity (Wildman–Crippen MR) is 179 cm³/mol. The summed E-state index contributed by atoms with van der Waals surface area (Å²) in [4.78, 5) is 27.4. The van der Waals surface area contributed by atoms with Gasteiger partial charge in [0, 0.05) is 12.8 Å². The lowest BCUT2D eigenvalue weighted by Gasteiger charge is -2.33. The van der Waals surface area contributed by atoms with Crippen molar-refractivity contribution in [3.8, 4) is 24.7 Å². The molecule has 0 aromatic heterocycles. The van der Waals surface area contributed by atoms with Gasteiger partial charge in [-0.2, -0.15) is 0 Å². The molecule has 2 amide bonds. The van der Waals surface area contributed by atoms with Crippen molar-refractivity contribution in [1.29, 1.82) is 0 Å². The quantitative estimate of drug-likeness (QED) is 0.233. The van der Waals surface area contributed by atoms with Crippen LogP contribution in [0.4, 0.5) is 0 Å². The Morgan fingerprint density at radius 2 is 1.58 bits per heavy atom. The average Bonchev–Trinajstić information content (AvgIpc) is 2.99. The van der Waals surface area contributed by atoms with Crippen molar-refractivity contribution in [2.24, 2.45) is 11.8 Å². The molecule has 2 aromatic rings. The molecule has 0 saturated heterocycles. The van der Waals surface area contributed by atoms with Crippen LogP contribution in [0.3, 0.4) is 0 Å². The minimum atomic E-state index is -3.71. The van der Waals surface area contributed by atoms with Gasteiger partial charge in [-0.05, 0) is 55.9 Å². The smallest absolute Gasteiger partial charge is 0.243 e. The fraction of sp³-hybridized carbons (Fsp3) is 0.556. The van der Waals surface area contributed by atoms with Crippen LogP contribution in [0.2, 0.25) is 0 Å². The Bertz CT molecular complexity index is 1490. The molecule has 0 spiro atoms. The number of carbonyl (C=O) groups excluding carboxylic acids is 2. The van der Waals surface area contributed by atoms with Crippen molar-refractivity contribution in [3.05, 3.63) is 48.0 Å². The number of aliphatic hydroxyl groups is 2. The molecule has 5 atom stereocenters. The highest BCUT2D eigenvalue weighted by atomic mass is 32.2. The van der Waals surface area contributed by atoms with E-state index in [0.717, 1.165) is 48.4 Å². The highest BCUT2D eigenvalue weighted by molar-refractivity contribution is 7.92. The molecule has 0 unspecified atom stereocenters. The van der Waals surface area contributed by atoms with Gasteiger partial charge in [-0.15, -0.1) is 24.7 Å². The highest BCUT2D eigenvalue weighted by Gasteiger charge is 2.37. The summed E-state index contributed by atoms with van der Waals surface area (Å²) in [5.41, 5.74) is 0.786. The number of benzene rings is 2. The third kappa shape index (κ3) is 10.3. The lowest BCUT2D eigenvalue weighted by molar-refractivity contribution is -0.132. The van der Waals surface area contributed by atoms with Crippen LogP contribution in [0, 0.1) is 36.5 Å². The van der Waals surface area contributed by atoms with Crippen LogP contribution in [0.15, 0.2) is 42.5 Å². The van der Waals surface area contributed by atoms with Gasteiger partial charge < -0.3 is 20.8 Å². The van der Waals surface area contributed by atoms with E-state index in [0.29, 0.717) is 6.42 Å². The first kappa shape index (κ1) is 36.1. The number of nitrogens with one attached hydrogen (secondary N) is 2. The number of rotatable bonds is 14. The van der Waals surface area contributed by atoms with Crippen LogP contribution in [-0.2, 0) is 25.8 Å². The number of terminal acetylenes is 2. The molecule has 45 heavy (non-hydrogen) atoms. The number of amides is 2. The first-order valence-electron chi connectivity index (χ1n) is 15.8. The minimum absolute atomic E-state index is 0.0819. The molecule has 3 rings (SSSR count). The van der Waals surface area contributed by atoms with Gasteiger partial charge in [0.05, 0.1) is 28.6 Å². The Morgan fingerprint density at radius 1 is 0.933 bits per heavy atom. The molecule has 1 fully saturated rings. The normalized spacial score (nSPS) is 17.7. The van der Waals surface area contributed by atoms with Crippen molar-refractivity contribution in [3.63, 3.8) is 0 Å². The van der Waals surface area contributed by atoms with Gasteiger partial charge in [0.1, 0.15) is 12.1 Å². The van der Waals surface area contributed by atoms with Crippen LogP contribution >= 0.6 is 0 Å². The van der Waals surface area contributed by atoms with E-state index in [9.17, 15) is 28.2 Å². The van der Waals surface area contributed by atoms with Crippen molar-refractivity contribution in [1.82, 2.24) is 10.6 Å². The van der Waals surface area contributed by atoms with Gasteiger partial charge in [-0.1, -0.05) is 74.6 Å². The first-order valence-corrected chi connectivity index (χ1v) is 17.4. The SMILES string of the molecule is C#CC[C@H](NC(=O)[C@H](Cc1ccc2ccccc2c1)CS(=O)(=O)C(C)(C)C)C(=O)N[C@@H](CC1CCCCC1)[C@@H](O)[C@@H](O)CC#C. The van der Waals surface area contributed by atoms with Gasteiger partial charge in [0.25, 0.3) is 0 Å². The Kier molecular flexibility index (Phi) is 13.1. The zero-order valence-corrected chi connectivity index (χ0v) is 27.5. The zero-order valence-electron chi connectivity index (χ0n) is 26.7. The molecule has 1 aliphatic rings. The molecular formula is C36H48N2O6S. The monoisotopic (exact) mass is 636 g/mol. The third-order valence-corrected chi connectivity index (χ3v) is 11.5. The second kappa shape index (κ2) is 16.3. The second-order valence-corrected chi connectivity index (χ2v) is 16.1. The largest absolute Gasteiger partial charge is 0.389 e. The highest BCUT2D eigenvalue weighted by Crippen LogP contribution is 2.29. The molecular weight excluding hydrogens is 588 g/mol. The van der Waals surface area contributed by atoms with E-state index in [1.807, 2.05) is 42.5 Å². The molecule has 0 aliphatic heterocycles. The fourth-order valence-corrected chi connectivity index (χ4v) is 7.17. The maximum absolute atomic E-state index is 13.8. The first-order chi connectivity index (χ1) is 21.3. The number of aliphatic hydroxyl groups excluding tert-OH is 2. The number of carbonyl (C=O) groups is 2. The Hall–Kier alpha value is -3.37. The number of fused-ring (bicyclic) bond motifs is 1. The molecule has 0 radical (unpaired) electrons. The van der Waals surface area contributed by atoms with Crippen LogP contribution in [0.25, 0.3) is 10.8 Å². The predicted octanol–water partition coefficient (Wildman–Crippen LogP) is 3.92. The maximum Gasteiger partial charge on any atom is 0.243 e. The van der Waals surface area contributed by atoms with Gasteiger partial charge in [-0.3, -0.25) is 9.59 Å². The van der Waals surface area contributed by atoms with Crippen molar-refractivity contribution in [2.45, 2.75) is 108 Å². The average molecular weight is 637 g/mol. The van der Waals surface area contributed by atoms with E-state index in [1.165, 1.54) is 0 Å². The second-order valence-electron chi connectivity index (χ2n) is 13.3. The van der Waals surface area contributed by atoms with Crippen molar-refractivity contribution >= 4 is 32.4 Å². The summed E-state index contributed by atoms with van der Waals surface area (Å²) >= 11 is 0. The molecule has 1 saturated carbocycles. The summed E-state index contributed by atoms with van der Waals surface area (Å²) in [6.07, 6.45) is 13.9. The summed E-state index contributed by atoms with van der Waals surface area (Å²) in [6.45, 7) is 4.77. The minimum Gasteiger partial charge on any atom is -0.389 e. The van der Waals surface area contributed by atoms with Crippen LogP contribution in [0.5, 0.6) is 0 Å². The summed E-state index contributed by atoms with van der Waals surface area (Å²) < 4.78 is 25.5. The summed E-state index contributed by atoms with van der Waals surface area (Å²) in [7, 11) is -3.71.